The van der Waals surface area contributed by atoms with Crippen LogP contribution in [0.3, 0.4) is 0 Å². The second-order valence-electron chi connectivity index (χ2n) is 3.61. The molecule has 0 spiro atoms. The Balaban J connectivity index is 3.12. The Bertz CT molecular complexity index is 172. The van der Waals surface area contributed by atoms with Gasteiger partial charge in [-0.2, -0.15) is 0 Å². The molecule has 102 valence electrons. The highest BCUT2D eigenvalue weighted by molar-refractivity contribution is 5.59. The maximum atomic E-state index is 11.0. The molecule has 0 aliphatic carbocycles. The number of rotatable bonds is 11. The maximum Gasteiger partial charge on any atom is 0.508 e. The molecule has 0 amide bonds. The highest BCUT2D eigenvalue weighted by Crippen LogP contribution is 1.99. The molecule has 0 aromatic heterocycles. The van der Waals surface area contributed by atoms with Gasteiger partial charge in [-0.1, -0.05) is 26.2 Å². The van der Waals surface area contributed by atoms with Crippen LogP contribution in [0.4, 0.5) is 4.79 Å². The molecule has 5 nitrogen and oxygen atoms in total. The van der Waals surface area contributed by atoms with E-state index in [1.165, 1.54) is 12.8 Å². The fourth-order valence-corrected chi connectivity index (χ4v) is 1.15. The molecule has 5 heteroatoms. The summed E-state index contributed by atoms with van der Waals surface area (Å²) in [5.74, 6) is 0. The van der Waals surface area contributed by atoms with Crippen molar-refractivity contribution in [3.05, 3.63) is 0 Å². The van der Waals surface area contributed by atoms with Crippen LogP contribution < -0.4 is 0 Å². The molecule has 0 heterocycles. The Morgan fingerprint density at radius 3 is 2.29 bits per heavy atom. The molecule has 0 bridgehead atoms. The van der Waals surface area contributed by atoms with Gasteiger partial charge in [0.25, 0.3) is 0 Å². The predicted molar refractivity (Wildman–Crippen MR) is 64.1 cm³/mol. The zero-order valence-electron chi connectivity index (χ0n) is 10.9. The van der Waals surface area contributed by atoms with Crippen molar-refractivity contribution >= 4 is 6.16 Å². The zero-order valence-corrected chi connectivity index (χ0v) is 10.9. The van der Waals surface area contributed by atoms with Gasteiger partial charge in [-0.25, -0.2) is 4.79 Å². The van der Waals surface area contributed by atoms with Crippen molar-refractivity contribution in [3.8, 4) is 0 Å². The summed E-state index contributed by atoms with van der Waals surface area (Å²) in [4.78, 5) is 11.0. The number of carbonyl (C=O) groups excluding carboxylic acids is 1. The van der Waals surface area contributed by atoms with E-state index in [-0.39, 0.29) is 6.61 Å². The summed E-state index contributed by atoms with van der Waals surface area (Å²) in [6.07, 6.45) is 3.71. The third-order valence-electron chi connectivity index (χ3n) is 2.10. The number of unbranched alkanes of at least 4 members (excludes halogenated alkanes) is 3. The Labute approximate surface area is 103 Å². The lowest BCUT2D eigenvalue weighted by molar-refractivity contribution is 0.0151. The van der Waals surface area contributed by atoms with Gasteiger partial charge in [-0.05, 0) is 6.42 Å². The second-order valence-corrected chi connectivity index (χ2v) is 3.61. The second kappa shape index (κ2) is 13.3. The van der Waals surface area contributed by atoms with Crippen molar-refractivity contribution in [2.24, 2.45) is 0 Å². The number of hydrogen-bond donors (Lipinski definition) is 0. The minimum Gasteiger partial charge on any atom is -0.434 e. The SMILES string of the molecule is CCCCCCOC(=O)OCCOCCOC. The van der Waals surface area contributed by atoms with E-state index < -0.39 is 6.16 Å². The van der Waals surface area contributed by atoms with E-state index >= 15 is 0 Å². The smallest absolute Gasteiger partial charge is 0.434 e. The van der Waals surface area contributed by atoms with Gasteiger partial charge in [0, 0.05) is 7.11 Å². The zero-order chi connectivity index (χ0) is 12.8. The number of hydrogen-bond acceptors (Lipinski definition) is 5. The van der Waals surface area contributed by atoms with Gasteiger partial charge < -0.3 is 18.9 Å². The predicted octanol–water partition coefficient (Wildman–Crippen LogP) is 2.38. The quantitative estimate of drug-likeness (QED) is 0.415. The summed E-state index contributed by atoms with van der Waals surface area (Å²) in [6.45, 7) is 4.21. The van der Waals surface area contributed by atoms with E-state index in [1.807, 2.05) is 0 Å². The minimum atomic E-state index is -0.614. The van der Waals surface area contributed by atoms with Crippen molar-refractivity contribution in [2.45, 2.75) is 32.6 Å². The van der Waals surface area contributed by atoms with Crippen LogP contribution in [-0.2, 0) is 18.9 Å². The van der Waals surface area contributed by atoms with Gasteiger partial charge in [-0.3, -0.25) is 0 Å². The molecule has 0 saturated carbocycles. The molecule has 0 N–H and O–H groups in total. The number of carbonyl (C=O) groups is 1. The van der Waals surface area contributed by atoms with Gasteiger partial charge in [0.15, 0.2) is 0 Å². The Kier molecular flexibility index (Phi) is 12.6. The van der Waals surface area contributed by atoms with Crippen molar-refractivity contribution < 1.29 is 23.7 Å². The third kappa shape index (κ3) is 13.1. The van der Waals surface area contributed by atoms with Crippen molar-refractivity contribution in [1.29, 1.82) is 0 Å². The molecule has 0 fully saturated rings. The largest absolute Gasteiger partial charge is 0.508 e. The van der Waals surface area contributed by atoms with E-state index in [0.29, 0.717) is 26.4 Å². The van der Waals surface area contributed by atoms with Crippen LogP contribution in [0.25, 0.3) is 0 Å². The number of methoxy groups -OCH3 is 1. The highest BCUT2D eigenvalue weighted by atomic mass is 16.7. The van der Waals surface area contributed by atoms with E-state index in [9.17, 15) is 4.79 Å². The van der Waals surface area contributed by atoms with Crippen molar-refractivity contribution in [3.63, 3.8) is 0 Å². The van der Waals surface area contributed by atoms with Crippen LogP contribution in [-0.4, -0.2) is 46.3 Å². The fourth-order valence-electron chi connectivity index (χ4n) is 1.15. The minimum absolute atomic E-state index is 0.220. The summed E-state index contributed by atoms with van der Waals surface area (Å²) in [7, 11) is 1.61. The standard InChI is InChI=1S/C12H24O5/c1-3-4-5-6-7-16-12(13)17-11-10-15-9-8-14-2/h3-11H2,1-2H3. The first kappa shape index (κ1) is 16.2. The highest BCUT2D eigenvalue weighted by Gasteiger charge is 2.02. The molecular formula is C12H24O5. The summed E-state index contributed by atoms with van der Waals surface area (Å²) < 4.78 is 19.6. The first-order chi connectivity index (χ1) is 8.31. The van der Waals surface area contributed by atoms with Crippen LogP contribution in [0.15, 0.2) is 0 Å². The maximum absolute atomic E-state index is 11.0. The molecule has 0 aromatic carbocycles. The van der Waals surface area contributed by atoms with Gasteiger partial charge in [0.2, 0.25) is 0 Å². The third-order valence-corrected chi connectivity index (χ3v) is 2.10. The number of ether oxygens (including phenoxy) is 4. The topological polar surface area (TPSA) is 54.0 Å². The molecule has 0 saturated heterocycles. The van der Waals surface area contributed by atoms with Crippen molar-refractivity contribution in [2.75, 3.05) is 40.1 Å². The first-order valence-electron chi connectivity index (χ1n) is 6.17. The molecule has 17 heavy (non-hydrogen) atoms. The van der Waals surface area contributed by atoms with Crippen LogP contribution in [0.5, 0.6) is 0 Å². The van der Waals surface area contributed by atoms with Crippen LogP contribution in [0.1, 0.15) is 32.6 Å². The lowest BCUT2D eigenvalue weighted by atomic mass is 10.2. The molecule has 0 unspecified atom stereocenters. The molecule has 0 aliphatic heterocycles. The Morgan fingerprint density at radius 2 is 1.59 bits per heavy atom. The first-order valence-corrected chi connectivity index (χ1v) is 6.17. The van der Waals surface area contributed by atoms with Gasteiger partial charge in [0.05, 0.1) is 26.4 Å². The summed E-state index contributed by atoms with van der Waals surface area (Å²) in [6, 6.07) is 0. The normalized spacial score (nSPS) is 10.2. The lowest BCUT2D eigenvalue weighted by Gasteiger charge is -2.06. The lowest BCUT2D eigenvalue weighted by Crippen LogP contribution is -2.14. The summed E-state index contributed by atoms with van der Waals surface area (Å²) in [5, 5.41) is 0. The van der Waals surface area contributed by atoms with Crippen LogP contribution in [0.2, 0.25) is 0 Å². The van der Waals surface area contributed by atoms with E-state index in [4.69, 9.17) is 18.9 Å². The van der Waals surface area contributed by atoms with E-state index in [2.05, 4.69) is 6.92 Å². The van der Waals surface area contributed by atoms with E-state index in [0.717, 1.165) is 12.8 Å². The monoisotopic (exact) mass is 248 g/mol. The summed E-state index contributed by atoms with van der Waals surface area (Å²) >= 11 is 0. The molecule has 0 radical (unpaired) electrons. The average Bonchev–Trinajstić information content (AvgIpc) is 2.33. The van der Waals surface area contributed by atoms with Crippen LogP contribution >= 0.6 is 0 Å². The average molecular weight is 248 g/mol. The van der Waals surface area contributed by atoms with Crippen LogP contribution in [0, 0.1) is 0 Å². The van der Waals surface area contributed by atoms with Gasteiger partial charge in [-0.15, -0.1) is 0 Å². The Morgan fingerprint density at radius 1 is 0.882 bits per heavy atom. The van der Waals surface area contributed by atoms with Gasteiger partial charge in [0.1, 0.15) is 6.61 Å². The Hall–Kier alpha value is -0.810. The van der Waals surface area contributed by atoms with E-state index in [1.54, 1.807) is 7.11 Å². The molecular weight excluding hydrogens is 224 g/mol. The molecule has 0 aliphatic rings. The molecule has 0 atom stereocenters. The van der Waals surface area contributed by atoms with Gasteiger partial charge >= 0.3 is 6.16 Å². The molecule has 0 rings (SSSR count). The molecule has 0 aromatic rings. The summed E-state index contributed by atoms with van der Waals surface area (Å²) in [5.41, 5.74) is 0. The fraction of sp³-hybridized carbons (Fsp3) is 0.917. The van der Waals surface area contributed by atoms with Crippen molar-refractivity contribution in [1.82, 2.24) is 0 Å².